The predicted octanol–water partition coefficient (Wildman–Crippen LogP) is 3.68. The third-order valence-corrected chi connectivity index (χ3v) is 3.02. The van der Waals surface area contributed by atoms with Crippen LogP contribution in [-0.4, -0.2) is 7.11 Å². The van der Waals surface area contributed by atoms with E-state index in [4.69, 9.17) is 22.1 Å². The van der Waals surface area contributed by atoms with Crippen LogP contribution >= 0.6 is 11.6 Å². The van der Waals surface area contributed by atoms with Crippen LogP contribution in [0, 0.1) is 5.82 Å². The lowest BCUT2D eigenvalue weighted by Crippen LogP contribution is -2.03. The number of rotatable bonds is 4. The summed E-state index contributed by atoms with van der Waals surface area (Å²) >= 11 is 5.72. The summed E-state index contributed by atoms with van der Waals surface area (Å²) in [5.74, 6) is 0.280. The Kier molecular flexibility index (Phi) is 4.12. The summed E-state index contributed by atoms with van der Waals surface area (Å²) in [6.45, 7) is 0.566. The zero-order valence-electron chi connectivity index (χ0n) is 10.4. The minimum Gasteiger partial charge on any atom is -0.497 e. The lowest BCUT2D eigenvalue weighted by Gasteiger charge is -2.10. The monoisotopic (exact) mass is 280 g/mol. The van der Waals surface area contributed by atoms with Gasteiger partial charge in [-0.15, -0.1) is 0 Å². The Morgan fingerprint density at radius 3 is 2.58 bits per heavy atom. The van der Waals surface area contributed by atoms with Gasteiger partial charge in [0.15, 0.2) is 0 Å². The van der Waals surface area contributed by atoms with Crippen molar-refractivity contribution in [3.63, 3.8) is 0 Å². The molecule has 2 aromatic carbocycles. The molecule has 0 atom stereocenters. The molecule has 3 nitrogen and oxygen atoms in total. The van der Waals surface area contributed by atoms with E-state index in [0.29, 0.717) is 17.9 Å². The standard InChI is InChI=1S/C14H14ClFN2O/c1-19-10-4-2-9(3-5-10)8-18-14-6-11(15)12(16)7-13(14)17/h2-7,18H,8,17H2,1H3. The number of hydrogen-bond acceptors (Lipinski definition) is 3. The maximum absolute atomic E-state index is 13.2. The van der Waals surface area contributed by atoms with Gasteiger partial charge in [-0.3, -0.25) is 0 Å². The number of nitrogen functional groups attached to an aromatic ring is 1. The lowest BCUT2D eigenvalue weighted by molar-refractivity contribution is 0.414. The molecular formula is C14H14ClFN2O. The summed E-state index contributed by atoms with van der Waals surface area (Å²) in [7, 11) is 1.62. The Balaban J connectivity index is 2.07. The Morgan fingerprint density at radius 1 is 1.26 bits per heavy atom. The average molecular weight is 281 g/mol. The minimum absolute atomic E-state index is 0.0476. The van der Waals surface area contributed by atoms with Gasteiger partial charge in [-0.25, -0.2) is 4.39 Å². The van der Waals surface area contributed by atoms with Gasteiger partial charge in [0.05, 0.1) is 23.5 Å². The molecular weight excluding hydrogens is 267 g/mol. The smallest absolute Gasteiger partial charge is 0.143 e. The Bertz CT molecular complexity index is 572. The van der Waals surface area contributed by atoms with E-state index in [1.807, 2.05) is 24.3 Å². The maximum Gasteiger partial charge on any atom is 0.143 e. The number of nitrogens with one attached hydrogen (secondary N) is 1. The molecule has 0 aliphatic heterocycles. The second-order valence-corrected chi connectivity index (χ2v) is 4.46. The van der Waals surface area contributed by atoms with Crippen LogP contribution in [0.15, 0.2) is 36.4 Å². The fourth-order valence-corrected chi connectivity index (χ4v) is 1.82. The highest BCUT2D eigenvalue weighted by Crippen LogP contribution is 2.26. The van der Waals surface area contributed by atoms with Crippen molar-refractivity contribution in [2.75, 3.05) is 18.2 Å². The first-order valence-electron chi connectivity index (χ1n) is 5.71. The molecule has 0 unspecified atom stereocenters. The Morgan fingerprint density at radius 2 is 1.95 bits per heavy atom. The second kappa shape index (κ2) is 5.80. The molecule has 100 valence electrons. The van der Waals surface area contributed by atoms with Crippen molar-refractivity contribution in [3.05, 3.63) is 52.8 Å². The molecule has 0 bridgehead atoms. The van der Waals surface area contributed by atoms with Gasteiger partial charge >= 0.3 is 0 Å². The molecule has 0 spiro atoms. The van der Waals surface area contributed by atoms with E-state index in [2.05, 4.69) is 5.32 Å². The molecule has 0 amide bonds. The van der Waals surface area contributed by atoms with Gasteiger partial charge in [0.1, 0.15) is 11.6 Å². The molecule has 5 heteroatoms. The fraction of sp³-hybridized carbons (Fsp3) is 0.143. The molecule has 0 radical (unpaired) electrons. The van der Waals surface area contributed by atoms with Crippen molar-refractivity contribution < 1.29 is 9.13 Å². The summed E-state index contributed by atoms with van der Waals surface area (Å²) < 4.78 is 18.2. The first kappa shape index (κ1) is 13.5. The zero-order valence-corrected chi connectivity index (χ0v) is 11.2. The van der Waals surface area contributed by atoms with Crippen LogP contribution < -0.4 is 15.8 Å². The molecule has 0 saturated heterocycles. The summed E-state index contributed by atoms with van der Waals surface area (Å²) in [6, 6.07) is 10.3. The Labute approximate surface area is 116 Å². The molecule has 19 heavy (non-hydrogen) atoms. The van der Waals surface area contributed by atoms with Gasteiger partial charge in [0.2, 0.25) is 0 Å². The SMILES string of the molecule is COc1ccc(CNc2cc(Cl)c(F)cc2N)cc1. The van der Waals surface area contributed by atoms with Crippen molar-refractivity contribution in [1.29, 1.82) is 0 Å². The third-order valence-electron chi connectivity index (χ3n) is 2.73. The molecule has 3 N–H and O–H groups in total. The second-order valence-electron chi connectivity index (χ2n) is 4.06. The summed E-state index contributed by atoms with van der Waals surface area (Å²) in [6.07, 6.45) is 0. The molecule has 0 heterocycles. The van der Waals surface area contributed by atoms with E-state index in [1.54, 1.807) is 7.11 Å². The van der Waals surface area contributed by atoms with Crippen LogP contribution in [0.1, 0.15) is 5.56 Å². The molecule has 2 rings (SSSR count). The van der Waals surface area contributed by atoms with Crippen LogP contribution in [0.3, 0.4) is 0 Å². The third kappa shape index (κ3) is 3.29. The number of benzene rings is 2. The van der Waals surface area contributed by atoms with E-state index in [9.17, 15) is 4.39 Å². The van der Waals surface area contributed by atoms with Gasteiger partial charge in [-0.05, 0) is 23.8 Å². The molecule has 0 aliphatic carbocycles. The van der Waals surface area contributed by atoms with Crippen LogP contribution in [0.5, 0.6) is 5.75 Å². The molecule has 0 aromatic heterocycles. The van der Waals surface area contributed by atoms with Crippen molar-refractivity contribution >= 4 is 23.0 Å². The van der Waals surface area contributed by atoms with Gasteiger partial charge in [-0.1, -0.05) is 23.7 Å². The van der Waals surface area contributed by atoms with E-state index in [-0.39, 0.29) is 5.02 Å². The normalized spacial score (nSPS) is 10.3. The van der Waals surface area contributed by atoms with E-state index >= 15 is 0 Å². The fourth-order valence-electron chi connectivity index (χ4n) is 1.66. The average Bonchev–Trinajstić information content (AvgIpc) is 2.42. The molecule has 0 aliphatic rings. The first-order valence-corrected chi connectivity index (χ1v) is 6.09. The predicted molar refractivity (Wildman–Crippen MR) is 76.1 cm³/mol. The number of halogens is 2. The highest BCUT2D eigenvalue weighted by molar-refractivity contribution is 6.31. The highest BCUT2D eigenvalue weighted by Gasteiger charge is 2.06. The minimum atomic E-state index is -0.519. The first-order chi connectivity index (χ1) is 9.10. The van der Waals surface area contributed by atoms with Crippen molar-refractivity contribution in [3.8, 4) is 5.75 Å². The van der Waals surface area contributed by atoms with Crippen LogP contribution in [0.4, 0.5) is 15.8 Å². The number of anilines is 2. The number of hydrogen-bond donors (Lipinski definition) is 2. The van der Waals surface area contributed by atoms with E-state index < -0.39 is 5.82 Å². The van der Waals surface area contributed by atoms with Crippen molar-refractivity contribution in [2.24, 2.45) is 0 Å². The Hall–Kier alpha value is -1.94. The van der Waals surface area contributed by atoms with Gasteiger partial charge < -0.3 is 15.8 Å². The zero-order chi connectivity index (χ0) is 13.8. The van der Waals surface area contributed by atoms with E-state index in [1.165, 1.54) is 12.1 Å². The topological polar surface area (TPSA) is 47.3 Å². The van der Waals surface area contributed by atoms with Crippen LogP contribution in [-0.2, 0) is 6.54 Å². The van der Waals surface area contributed by atoms with Crippen molar-refractivity contribution in [1.82, 2.24) is 0 Å². The van der Waals surface area contributed by atoms with Crippen LogP contribution in [0.25, 0.3) is 0 Å². The maximum atomic E-state index is 13.2. The number of methoxy groups -OCH3 is 1. The largest absolute Gasteiger partial charge is 0.497 e. The van der Waals surface area contributed by atoms with Crippen LogP contribution in [0.2, 0.25) is 5.02 Å². The summed E-state index contributed by atoms with van der Waals surface area (Å²) in [5.41, 5.74) is 7.72. The summed E-state index contributed by atoms with van der Waals surface area (Å²) in [4.78, 5) is 0. The molecule has 2 aromatic rings. The van der Waals surface area contributed by atoms with Crippen molar-refractivity contribution in [2.45, 2.75) is 6.54 Å². The molecule has 0 fully saturated rings. The summed E-state index contributed by atoms with van der Waals surface area (Å²) in [5, 5.41) is 3.17. The molecule has 0 saturated carbocycles. The van der Waals surface area contributed by atoms with Gasteiger partial charge in [0, 0.05) is 12.6 Å². The quantitative estimate of drug-likeness (QED) is 0.840. The number of ether oxygens (including phenoxy) is 1. The van der Waals surface area contributed by atoms with Gasteiger partial charge in [-0.2, -0.15) is 0 Å². The van der Waals surface area contributed by atoms with E-state index in [0.717, 1.165) is 11.3 Å². The lowest BCUT2D eigenvalue weighted by atomic mass is 10.2. The number of nitrogens with two attached hydrogens (primary N) is 1. The van der Waals surface area contributed by atoms with Gasteiger partial charge in [0.25, 0.3) is 0 Å². The highest BCUT2D eigenvalue weighted by atomic mass is 35.5.